The van der Waals surface area contributed by atoms with Gasteiger partial charge in [0.2, 0.25) is 0 Å². The van der Waals surface area contributed by atoms with Crippen molar-refractivity contribution in [3.63, 3.8) is 0 Å². The number of ether oxygens (including phenoxy) is 1. The van der Waals surface area contributed by atoms with Gasteiger partial charge in [0.15, 0.2) is 0 Å². The fourth-order valence-corrected chi connectivity index (χ4v) is 2.96. The Labute approximate surface area is 126 Å². The number of hydrogen-bond donors (Lipinski definition) is 0. The zero-order valence-electron chi connectivity index (χ0n) is 12.8. The minimum absolute atomic E-state index is 0.603. The third kappa shape index (κ3) is 2.78. The van der Waals surface area contributed by atoms with Crippen LogP contribution < -0.4 is 4.74 Å². The van der Waals surface area contributed by atoms with Crippen molar-refractivity contribution in [2.24, 2.45) is 0 Å². The number of fused-ring (bicyclic) bond motifs is 1. The van der Waals surface area contributed by atoms with Gasteiger partial charge in [0.25, 0.3) is 0 Å². The molecule has 0 N–H and O–H groups in total. The van der Waals surface area contributed by atoms with E-state index in [-0.39, 0.29) is 0 Å². The number of rotatable bonds is 3. The molecule has 21 heavy (non-hydrogen) atoms. The highest BCUT2D eigenvalue weighted by atomic mass is 16.5. The molecule has 0 spiro atoms. The van der Waals surface area contributed by atoms with E-state index < -0.39 is 0 Å². The standard InChI is InChI=1S/C20H20O/c1-14-11-15(2)20(16(3)12-14)21-13-18-9-6-8-17-7-4-5-10-19(17)18/h4-12H,13H2,1-3H3. The lowest BCUT2D eigenvalue weighted by Crippen LogP contribution is -2.00. The minimum atomic E-state index is 0.603. The Kier molecular flexibility index (Phi) is 3.66. The first-order valence-electron chi connectivity index (χ1n) is 7.32. The van der Waals surface area contributed by atoms with Crippen molar-refractivity contribution >= 4 is 10.8 Å². The maximum Gasteiger partial charge on any atom is 0.125 e. The van der Waals surface area contributed by atoms with Gasteiger partial charge in [-0.2, -0.15) is 0 Å². The lowest BCUT2D eigenvalue weighted by Gasteiger charge is -2.14. The maximum atomic E-state index is 6.12. The molecule has 0 aliphatic carbocycles. The van der Waals surface area contributed by atoms with Crippen LogP contribution in [0.2, 0.25) is 0 Å². The molecule has 0 amide bonds. The lowest BCUT2D eigenvalue weighted by molar-refractivity contribution is 0.303. The highest BCUT2D eigenvalue weighted by Crippen LogP contribution is 2.27. The van der Waals surface area contributed by atoms with Crippen LogP contribution in [0, 0.1) is 20.8 Å². The summed E-state index contributed by atoms with van der Waals surface area (Å²) >= 11 is 0. The van der Waals surface area contributed by atoms with Crippen molar-refractivity contribution < 1.29 is 4.74 Å². The molecular weight excluding hydrogens is 256 g/mol. The zero-order valence-corrected chi connectivity index (χ0v) is 12.8. The molecule has 1 heteroatoms. The summed E-state index contributed by atoms with van der Waals surface area (Å²) in [5, 5.41) is 2.53. The van der Waals surface area contributed by atoms with Gasteiger partial charge in [-0.15, -0.1) is 0 Å². The Morgan fingerprint density at radius 3 is 2.24 bits per heavy atom. The molecule has 3 aromatic rings. The summed E-state index contributed by atoms with van der Waals surface area (Å²) in [6.45, 7) is 6.94. The van der Waals surface area contributed by atoms with Crippen molar-refractivity contribution in [2.75, 3.05) is 0 Å². The van der Waals surface area contributed by atoms with Crippen LogP contribution in [0.25, 0.3) is 10.8 Å². The zero-order chi connectivity index (χ0) is 14.8. The van der Waals surface area contributed by atoms with Gasteiger partial charge >= 0.3 is 0 Å². The van der Waals surface area contributed by atoms with E-state index in [1.165, 1.54) is 33.0 Å². The average molecular weight is 276 g/mol. The van der Waals surface area contributed by atoms with Gasteiger partial charge in [0.1, 0.15) is 12.4 Å². The molecule has 0 aliphatic heterocycles. The minimum Gasteiger partial charge on any atom is -0.488 e. The van der Waals surface area contributed by atoms with Gasteiger partial charge in [-0.3, -0.25) is 0 Å². The Morgan fingerprint density at radius 2 is 1.48 bits per heavy atom. The summed E-state index contributed by atoms with van der Waals surface area (Å²) in [5.41, 5.74) is 4.91. The summed E-state index contributed by atoms with van der Waals surface area (Å²) < 4.78 is 6.12. The van der Waals surface area contributed by atoms with E-state index in [0.717, 1.165) is 5.75 Å². The van der Waals surface area contributed by atoms with Gasteiger partial charge in [0.05, 0.1) is 0 Å². The second-order valence-electron chi connectivity index (χ2n) is 5.65. The van der Waals surface area contributed by atoms with E-state index >= 15 is 0 Å². The van der Waals surface area contributed by atoms with Gasteiger partial charge in [-0.1, -0.05) is 60.2 Å². The monoisotopic (exact) mass is 276 g/mol. The van der Waals surface area contributed by atoms with Crippen LogP contribution in [0.3, 0.4) is 0 Å². The molecule has 3 rings (SSSR count). The Balaban J connectivity index is 1.91. The number of hydrogen-bond acceptors (Lipinski definition) is 1. The highest BCUT2D eigenvalue weighted by Gasteiger charge is 2.07. The Morgan fingerprint density at radius 1 is 0.810 bits per heavy atom. The quantitative estimate of drug-likeness (QED) is 0.627. The number of benzene rings is 3. The molecule has 0 bridgehead atoms. The van der Waals surface area contributed by atoms with E-state index in [1.807, 2.05) is 0 Å². The van der Waals surface area contributed by atoms with Crippen LogP contribution >= 0.6 is 0 Å². The summed E-state index contributed by atoms with van der Waals surface area (Å²) in [6.07, 6.45) is 0. The summed E-state index contributed by atoms with van der Waals surface area (Å²) in [4.78, 5) is 0. The first kappa shape index (κ1) is 13.7. The second-order valence-corrected chi connectivity index (χ2v) is 5.65. The molecule has 0 atom stereocenters. The highest BCUT2D eigenvalue weighted by molar-refractivity contribution is 5.85. The van der Waals surface area contributed by atoms with Crippen LogP contribution in [-0.4, -0.2) is 0 Å². The summed E-state index contributed by atoms with van der Waals surface area (Å²) in [5.74, 6) is 1.01. The molecule has 0 fully saturated rings. The largest absolute Gasteiger partial charge is 0.488 e. The molecule has 106 valence electrons. The predicted molar refractivity (Wildman–Crippen MR) is 88.9 cm³/mol. The van der Waals surface area contributed by atoms with E-state index in [4.69, 9.17) is 4.74 Å². The van der Waals surface area contributed by atoms with E-state index in [0.29, 0.717) is 6.61 Å². The summed E-state index contributed by atoms with van der Waals surface area (Å²) in [6, 6.07) is 19.2. The van der Waals surface area contributed by atoms with Crippen LogP contribution in [0.15, 0.2) is 54.6 Å². The van der Waals surface area contributed by atoms with Crippen molar-refractivity contribution in [2.45, 2.75) is 27.4 Å². The smallest absolute Gasteiger partial charge is 0.125 e. The van der Waals surface area contributed by atoms with Gasteiger partial charge in [-0.25, -0.2) is 0 Å². The molecule has 3 aromatic carbocycles. The van der Waals surface area contributed by atoms with Crippen molar-refractivity contribution in [3.05, 3.63) is 76.9 Å². The first-order valence-corrected chi connectivity index (χ1v) is 7.32. The first-order chi connectivity index (χ1) is 10.1. The molecule has 0 aliphatic rings. The molecule has 0 saturated carbocycles. The SMILES string of the molecule is Cc1cc(C)c(OCc2cccc3ccccc23)c(C)c1. The average Bonchev–Trinajstić information content (AvgIpc) is 2.46. The van der Waals surface area contributed by atoms with Gasteiger partial charge in [-0.05, 0) is 48.2 Å². The molecule has 0 aromatic heterocycles. The second kappa shape index (κ2) is 5.61. The van der Waals surface area contributed by atoms with Crippen LogP contribution in [0.1, 0.15) is 22.3 Å². The molecule has 0 heterocycles. The van der Waals surface area contributed by atoms with Crippen molar-refractivity contribution in [3.8, 4) is 5.75 Å². The van der Waals surface area contributed by atoms with Crippen molar-refractivity contribution in [1.82, 2.24) is 0 Å². The van der Waals surface area contributed by atoms with Gasteiger partial charge < -0.3 is 4.74 Å². The third-order valence-corrected chi connectivity index (χ3v) is 3.86. The summed E-state index contributed by atoms with van der Waals surface area (Å²) in [7, 11) is 0. The normalized spacial score (nSPS) is 10.8. The molecule has 0 saturated heterocycles. The fourth-order valence-electron chi connectivity index (χ4n) is 2.96. The maximum absolute atomic E-state index is 6.12. The topological polar surface area (TPSA) is 9.23 Å². The van der Waals surface area contributed by atoms with Crippen LogP contribution in [-0.2, 0) is 6.61 Å². The fraction of sp³-hybridized carbons (Fsp3) is 0.200. The molecular formula is C20H20O. The van der Waals surface area contributed by atoms with Gasteiger partial charge in [0, 0.05) is 0 Å². The van der Waals surface area contributed by atoms with Crippen LogP contribution in [0.5, 0.6) is 5.75 Å². The van der Waals surface area contributed by atoms with E-state index in [1.54, 1.807) is 0 Å². The number of aryl methyl sites for hydroxylation is 3. The third-order valence-electron chi connectivity index (χ3n) is 3.86. The van der Waals surface area contributed by atoms with Crippen LogP contribution in [0.4, 0.5) is 0 Å². The van der Waals surface area contributed by atoms with E-state index in [2.05, 4.69) is 75.4 Å². The predicted octanol–water partition coefficient (Wildman–Crippen LogP) is 5.34. The van der Waals surface area contributed by atoms with Crippen molar-refractivity contribution in [1.29, 1.82) is 0 Å². The lowest BCUT2D eigenvalue weighted by atomic mass is 10.0. The molecule has 0 unspecified atom stereocenters. The Bertz CT molecular complexity index is 758. The Hall–Kier alpha value is -2.28. The van der Waals surface area contributed by atoms with E-state index in [9.17, 15) is 0 Å². The molecule has 0 radical (unpaired) electrons. The molecule has 1 nitrogen and oxygen atoms in total.